The Kier molecular flexibility index (Phi) is 6.12. The minimum Gasteiger partial charge on any atom is -0.489 e. The molecule has 0 amide bonds. The van der Waals surface area contributed by atoms with Crippen LogP contribution in [0, 0.1) is 6.92 Å². The molecular formula is C26H22N2O4. The van der Waals surface area contributed by atoms with Gasteiger partial charge in [0, 0.05) is 40.1 Å². The molecule has 6 nitrogen and oxygen atoms in total. The van der Waals surface area contributed by atoms with Gasteiger partial charge in [-0.1, -0.05) is 12.1 Å². The van der Waals surface area contributed by atoms with Gasteiger partial charge in [0.05, 0.1) is 12.7 Å². The van der Waals surface area contributed by atoms with Crippen LogP contribution in [0.1, 0.15) is 37.5 Å². The summed E-state index contributed by atoms with van der Waals surface area (Å²) in [6.45, 7) is 2.34. The zero-order valence-corrected chi connectivity index (χ0v) is 17.8. The molecule has 0 fully saturated rings. The van der Waals surface area contributed by atoms with Crippen molar-refractivity contribution in [1.82, 2.24) is 9.97 Å². The minimum absolute atomic E-state index is 0.0797. The number of rotatable bonds is 7. The quantitative estimate of drug-likeness (QED) is 0.252. The molecule has 2 aromatic carbocycles. The highest BCUT2D eigenvalue weighted by molar-refractivity contribution is 6.08. The van der Waals surface area contributed by atoms with Gasteiger partial charge in [0.25, 0.3) is 0 Å². The summed E-state index contributed by atoms with van der Waals surface area (Å²) >= 11 is 0. The van der Waals surface area contributed by atoms with E-state index in [-0.39, 0.29) is 11.8 Å². The number of esters is 1. The molecule has 0 spiro atoms. The van der Waals surface area contributed by atoms with Gasteiger partial charge in [-0.15, -0.1) is 0 Å². The molecule has 0 aliphatic carbocycles. The SMILES string of the molecule is COC(=O)c1ccc(COc2ccc3[nH]c(C)c(/C=C/C(=O)c4ccncc4)c3c2)cc1. The Morgan fingerprint density at radius 2 is 1.75 bits per heavy atom. The van der Waals surface area contributed by atoms with E-state index in [9.17, 15) is 9.59 Å². The van der Waals surface area contributed by atoms with Crippen molar-refractivity contribution in [3.8, 4) is 5.75 Å². The Labute approximate surface area is 185 Å². The summed E-state index contributed by atoms with van der Waals surface area (Å²) in [5.74, 6) is 0.265. The summed E-state index contributed by atoms with van der Waals surface area (Å²) in [7, 11) is 1.36. The number of hydrogen-bond donors (Lipinski definition) is 1. The number of carbonyl (C=O) groups excluding carboxylic acids is 2. The lowest BCUT2D eigenvalue weighted by Crippen LogP contribution is -2.01. The van der Waals surface area contributed by atoms with Crippen LogP contribution in [0.5, 0.6) is 5.75 Å². The normalized spacial score (nSPS) is 11.1. The minimum atomic E-state index is -0.367. The van der Waals surface area contributed by atoms with Crippen molar-refractivity contribution in [2.24, 2.45) is 0 Å². The van der Waals surface area contributed by atoms with E-state index in [0.717, 1.165) is 27.7 Å². The van der Waals surface area contributed by atoms with E-state index in [0.29, 0.717) is 23.5 Å². The lowest BCUT2D eigenvalue weighted by atomic mass is 10.1. The zero-order valence-electron chi connectivity index (χ0n) is 17.8. The molecule has 6 heteroatoms. The summed E-state index contributed by atoms with van der Waals surface area (Å²) in [6.07, 6.45) is 6.60. The van der Waals surface area contributed by atoms with Crippen molar-refractivity contribution in [2.75, 3.05) is 7.11 Å². The molecule has 0 radical (unpaired) electrons. The molecule has 160 valence electrons. The van der Waals surface area contributed by atoms with Crippen molar-refractivity contribution in [3.63, 3.8) is 0 Å². The lowest BCUT2D eigenvalue weighted by Gasteiger charge is -2.07. The summed E-state index contributed by atoms with van der Waals surface area (Å²) in [6, 6.07) is 16.3. The molecule has 0 atom stereocenters. The molecule has 0 unspecified atom stereocenters. The number of hydrogen-bond acceptors (Lipinski definition) is 5. The van der Waals surface area contributed by atoms with Crippen LogP contribution >= 0.6 is 0 Å². The third kappa shape index (κ3) is 4.59. The van der Waals surface area contributed by atoms with E-state index in [2.05, 4.69) is 9.97 Å². The highest BCUT2D eigenvalue weighted by Gasteiger charge is 2.09. The third-order valence-corrected chi connectivity index (χ3v) is 5.15. The number of aromatic nitrogens is 2. The van der Waals surface area contributed by atoms with Crippen molar-refractivity contribution < 1.29 is 19.1 Å². The number of ketones is 1. The van der Waals surface area contributed by atoms with Crippen molar-refractivity contribution in [2.45, 2.75) is 13.5 Å². The van der Waals surface area contributed by atoms with Crippen LogP contribution in [0.2, 0.25) is 0 Å². The zero-order chi connectivity index (χ0) is 22.5. The molecule has 32 heavy (non-hydrogen) atoms. The number of nitrogens with zero attached hydrogens (tertiary/aromatic N) is 1. The van der Waals surface area contributed by atoms with E-state index in [1.54, 1.807) is 42.7 Å². The monoisotopic (exact) mass is 426 g/mol. The first kappa shape index (κ1) is 21.1. The maximum atomic E-state index is 12.4. The fraction of sp³-hybridized carbons (Fsp3) is 0.115. The molecule has 2 heterocycles. The summed E-state index contributed by atoms with van der Waals surface area (Å²) in [4.78, 5) is 31.3. The van der Waals surface area contributed by atoms with Crippen LogP contribution in [0.3, 0.4) is 0 Å². The van der Waals surface area contributed by atoms with Crippen LogP contribution in [0.25, 0.3) is 17.0 Å². The first-order chi connectivity index (χ1) is 15.5. The van der Waals surface area contributed by atoms with Crippen molar-refractivity contribution in [1.29, 1.82) is 0 Å². The average Bonchev–Trinajstić information content (AvgIpc) is 3.15. The van der Waals surface area contributed by atoms with Gasteiger partial charge in [-0.2, -0.15) is 0 Å². The first-order valence-electron chi connectivity index (χ1n) is 10.1. The van der Waals surface area contributed by atoms with Crippen LogP contribution in [0.15, 0.2) is 73.1 Å². The van der Waals surface area contributed by atoms with Crippen LogP contribution in [-0.2, 0) is 11.3 Å². The number of nitrogens with one attached hydrogen (secondary N) is 1. The second-order valence-electron chi connectivity index (χ2n) is 7.28. The van der Waals surface area contributed by atoms with E-state index in [1.807, 2.05) is 43.3 Å². The highest BCUT2D eigenvalue weighted by Crippen LogP contribution is 2.28. The number of allylic oxidation sites excluding steroid dienone is 1. The fourth-order valence-electron chi connectivity index (χ4n) is 3.42. The second-order valence-corrected chi connectivity index (χ2v) is 7.28. The number of pyridine rings is 1. The predicted octanol–water partition coefficient (Wildman–Crippen LogP) is 5.13. The molecule has 1 N–H and O–H groups in total. The van der Waals surface area contributed by atoms with E-state index in [1.165, 1.54) is 7.11 Å². The number of benzene rings is 2. The Morgan fingerprint density at radius 3 is 2.47 bits per heavy atom. The maximum Gasteiger partial charge on any atom is 0.337 e. The highest BCUT2D eigenvalue weighted by atomic mass is 16.5. The molecule has 0 aliphatic heterocycles. The summed E-state index contributed by atoms with van der Waals surface area (Å²) in [5, 5.41) is 0.972. The largest absolute Gasteiger partial charge is 0.489 e. The maximum absolute atomic E-state index is 12.4. The van der Waals surface area contributed by atoms with Crippen LogP contribution in [-0.4, -0.2) is 28.8 Å². The van der Waals surface area contributed by atoms with Gasteiger partial charge in [-0.05, 0) is 67.1 Å². The number of ether oxygens (including phenoxy) is 2. The van der Waals surface area contributed by atoms with Gasteiger partial charge in [0.15, 0.2) is 5.78 Å². The van der Waals surface area contributed by atoms with Crippen LogP contribution in [0.4, 0.5) is 0 Å². The molecule has 0 aliphatic rings. The number of fused-ring (bicyclic) bond motifs is 1. The van der Waals surface area contributed by atoms with Gasteiger partial charge in [-0.25, -0.2) is 4.79 Å². The molecule has 4 rings (SSSR count). The third-order valence-electron chi connectivity index (χ3n) is 5.15. The van der Waals surface area contributed by atoms with Gasteiger partial charge < -0.3 is 14.5 Å². The standard InChI is InChI=1S/C26H22N2O4/c1-17-22(8-10-25(29)19-11-13-27-14-12-19)23-15-21(7-9-24(23)28-17)32-16-18-3-5-20(6-4-18)26(30)31-2/h3-15,28H,16H2,1-2H3/b10-8+. The topological polar surface area (TPSA) is 81.3 Å². The number of H-pyrrole nitrogens is 1. The average molecular weight is 426 g/mol. The lowest BCUT2D eigenvalue weighted by molar-refractivity contribution is 0.0600. The van der Waals surface area contributed by atoms with E-state index < -0.39 is 0 Å². The molecule has 4 aromatic rings. The molecular weight excluding hydrogens is 404 g/mol. The van der Waals surface area contributed by atoms with Crippen molar-refractivity contribution in [3.05, 3.63) is 101 Å². The van der Waals surface area contributed by atoms with Gasteiger partial charge in [0.2, 0.25) is 0 Å². The number of aromatic amines is 1. The van der Waals surface area contributed by atoms with Crippen molar-refractivity contribution >= 4 is 28.7 Å². The van der Waals surface area contributed by atoms with Gasteiger partial charge >= 0.3 is 5.97 Å². The van der Waals surface area contributed by atoms with Gasteiger partial charge in [-0.3, -0.25) is 9.78 Å². The molecule has 0 bridgehead atoms. The van der Waals surface area contributed by atoms with E-state index >= 15 is 0 Å². The van der Waals surface area contributed by atoms with Crippen LogP contribution < -0.4 is 4.74 Å². The Balaban J connectivity index is 1.51. The van der Waals surface area contributed by atoms with Gasteiger partial charge in [0.1, 0.15) is 12.4 Å². The number of methoxy groups -OCH3 is 1. The van der Waals surface area contributed by atoms with E-state index in [4.69, 9.17) is 9.47 Å². The second kappa shape index (κ2) is 9.31. The first-order valence-corrected chi connectivity index (χ1v) is 10.1. The molecule has 2 aromatic heterocycles. The Hall–Kier alpha value is -4.19. The molecule has 0 saturated carbocycles. The fourth-order valence-corrected chi connectivity index (χ4v) is 3.42. The number of aryl methyl sites for hydroxylation is 1. The molecule has 0 saturated heterocycles. The smallest absolute Gasteiger partial charge is 0.337 e. The number of carbonyl (C=O) groups is 2. The Morgan fingerprint density at radius 1 is 1.00 bits per heavy atom. The summed E-state index contributed by atoms with van der Waals surface area (Å²) < 4.78 is 10.7. The predicted molar refractivity (Wildman–Crippen MR) is 123 cm³/mol. The Bertz CT molecular complexity index is 1290. The summed E-state index contributed by atoms with van der Waals surface area (Å²) in [5.41, 5.74) is 4.90.